The minimum atomic E-state index is -3.87. The van der Waals surface area contributed by atoms with Gasteiger partial charge in [0, 0.05) is 18.7 Å². The molecule has 0 bridgehead atoms. The summed E-state index contributed by atoms with van der Waals surface area (Å²) in [5, 5.41) is 13.2. The van der Waals surface area contributed by atoms with E-state index in [1.165, 1.54) is 36.7 Å². The van der Waals surface area contributed by atoms with E-state index in [2.05, 4.69) is 20.2 Å². The molecule has 2 N–H and O–H groups in total. The van der Waals surface area contributed by atoms with Crippen LogP contribution in [0, 0.1) is 5.82 Å². The zero-order valence-electron chi connectivity index (χ0n) is 15.6. The van der Waals surface area contributed by atoms with Gasteiger partial charge in [-0.3, -0.25) is 9.67 Å². The summed E-state index contributed by atoms with van der Waals surface area (Å²) in [4.78, 5) is 7.99. The number of nitrogens with zero attached hydrogens (tertiary/aromatic N) is 5. The molecule has 4 rings (SSSR count). The zero-order valence-corrected chi connectivity index (χ0v) is 16.4. The van der Waals surface area contributed by atoms with Gasteiger partial charge in [0.05, 0.1) is 34.7 Å². The van der Waals surface area contributed by atoms with Gasteiger partial charge in [0.15, 0.2) is 0 Å². The molecule has 0 atom stereocenters. The fourth-order valence-electron chi connectivity index (χ4n) is 2.70. The van der Waals surface area contributed by atoms with E-state index in [-0.39, 0.29) is 29.0 Å². The molecular formula is C18H15FN6O4S. The van der Waals surface area contributed by atoms with Gasteiger partial charge in [-0.25, -0.2) is 17.9 Å². The van der Waals surface area contributed by atoms with Crippen LogP contribution in [0.5, 0.6) is 5.75 Å². The molecule has 3 heterocycles. The van der Waals surface area contributed by atoms with Crippen LogP contribution in [0.2, 0.25) is 0 Å². The summed E-state index contributed by atoms with van der Waals surface area (Å²) in [6.07, 6.45) is 4.00. The number of aromatic nitrogens is 5. The molecule has 0 spiro atoms. The van der Waals surface area contributed by atoms with Crippen LogP contribution < -0.4 is 9.88 Å². The summed E-state index contributed by atoms with van der Waals surface area (Å²) in [5.74, 6) is 0.0878. The van der Waals surface area contributed by atoms with Crippen molar-refractivity contribution in [3.05, 3.63) is 60.4 Å². The molecule has 0 amide bonds. The molecule has 0 radical (unpaired) electrons. The molecule has 12 heteroatoms. The molecule has 0 fully saturated rings. The molecular weight excluding hydrogens is 415 g/mol. The molecule has 4 aromatic rings. The van der Waals surface area contributed by atoms with Crippen molar-refractivity contribution in [3.8, 4) is 28.6 Å². The highest BCUT2D eigenvalue weighted by atomic mass is 32.2. The Kier molecular flexibility index (Phi) is 5.01. The number of rotatable bonds is 6. The first kappa shape index (κ1) is 19.7. The highest BCUT2D eigenvalue weighted by Crippen LogP contribution is 2.26. The van der Waals surface area contributed by atoms with Gasteiger partial charge in [-0.15, -0.1) is 0 Å². The molecule has 3 aromatic heterocycles. The molecule has 0 saturated carbocycles. The SMILES string of the molecule is Cn1ncc(-c2nc(-c3cccc(S(N)(=O)=O)c3)no2)c1COc1cncc(F)c1. The summed E-state index contributed by atoms with van der Waals surface area (Å²) in [5.41, 5.74) is 1.54. The standard InChI is InChI=1S/C18H15FN6O4S/c1-25-16(10-28-13-6-12(19)7-21-8-13)15(9-22-25)18-23-17(24-29-18)11-3-2-4-14(5-11)30(20,26)27/h2-9H,10H2,1H3,(H2,20,26,27). The Labute approximate surface area is 170 Å². The lowest BCUT2D eigenvalue weighted by molar-refractivity contribution is 0.292. The lowest BCUT2D eigenvalue weighted by Crippen LogP contribution is -2.11. The number of benzene rings is 1. The Morgan fingerprint density at radius 2 is 2.07 bits per heavy atom. The molecule has 0 unspecified atom stereocenters. The van der Waals surface area contributed by atoms with Crippen molar-refractivity contribution in [2.24, 2.45) is 12.2 Å². The average Bonchev–Trinajstić information content (AvgIpc) is 3.33. The van der Waals surface area contributed by atoms with Crippen LogP contribution in [0.3, 0.4) is 0 Å². The summed E-state index contributed by atoms with van der Waals surface area (Å²) in [6, 6.07) is 7.10. The highest BCUT2D eigenvalue weighted by molar-refractivity contribution is 7.89. The summed E-state index contributed by atoms with van der Waals surface area (Å²) in [7, 11) is -2.16. The number of primary sulfonamides is 1. The number of aryl methyl sites for hydroxylation is 1. The molecule has 0 aliphatic heterocycles. The van der Waals surface area contributed by atoms with Gasteiger partial charge < -0.3 is 9.26 Å². The van der Waals surface area contributed by atoms with E-state index in [0.29, 0.717) is 16.8 Å². The van der Waals surface area contributed by atoms with Gasteiger partial charge >= 0.3 is 0 Å². The number of halogens is 1. The second kappa shape index (κ2) is 7.65. The predicted molar refractivity (Wildman–Crippen MR) is 102 cm³/mol. The largest absolute Gasteiger partial charge is 0.486 e. The van der Waals surface area contributed by atoms with E-state index >= 15 is 0 Å². The van der Waals surface area contributed by atoms with Crippen LogP contribution in [-0.4, -0.2) is 33.3 Å². The minimum absolute atomic E-state index is 0.0512. The third kappa shape index (κ3) is 4.04. The first-order valence-electron chi connectivity index (χ1n) is 8.53. The molecule has 154 valence electrons. The molecule has 1 aromatic carbocycles. The topological polar surface area (TPSA) is 139 Å². The molecule has 10 nitrogen and oxygen atoms in total. The van der Waals surface area contributed by atoms with Crippen LogP contribution in [0.1, 0.15) is 5.69 Å². The van der Waals surface area contributed by atoms with E-state index in [0.717, 1.165) is 6.20 Å². The molecule has 30 heavy (non-hydrogen) atoms. The summed E-state index contributed by atoms with van der Waals surface area (Å²) in [6.45, 7) is 0.0512. The van der Waals surface area contributed by atoms with Crippen LogP contribution >= 0.6 is 0 Å². The van der Waals surface area contributed by atoms with E-state index in [4.69, 9.17) is 14.4 Å². The van der Waals surface area contributed by atoms with E-state index in [1.54, 1.807) is 17.8 Å². The number of ether oxygens (including phenoxy) is 1. The van der Waals surface area contributed by atoms with E-state index in [9.17, 15) is 12.8 Å². The predicted octanol–water partition coefficient (Wildman–Crippen LogP) is 1.90. The van der Waals surface area contributed by atoms with E-state index in [1.807, 2.05) is 0 Å². The smallest absolute Gasteiger partial charge is 0.261 e. The molecule has 0 saturated heterocycles. The van der Waals surface area contributed by atoms with Gasteiger partial charge in [-0.05, 0) is 12.1 Å². The Balaban J connectivity index is 1.62. The normalized spacial score (nSPS) is 11.6. The van der Waals surface area contributed by atoms with Crippen LogP contribution in [-0.2, 0) is 23.7 Å². The highest BCUT2D eigenvalue weighted by Gasteiger charge is 2.19. The third-order valence-electron chi connectivity index (χ3n) is 4.19. The summed E-state index contributed by atoms with van der Waals surface area (Å²) < 4.78 is 48.9. The Hall–Kier alpha value is -3.64. The van der Waals surface area contributed by atoms with Crippen molar-refractivity contribution in [2.75, 3.05) is 0 Å². The number of pyridine rings is 1. The second-order valence-corrected chi connectivity index (χ2v) is 7.81. The fraction of sp³-hybridized carbons (Fsp3) is 0.111. The number of sulfonamides is 1. The van der Waals surface area contributed by atoms with Gasteiger partial charge in [-0.2, -0.15) is 10.1 Å². The Morgan fingerprint density at radius 1 is 1.23 bits per heavy atom. The van der Waals surface area contributed by atoms with E-state index < -0.39 is 15.8 Å². The monoisotopic (exact) mass is 430 g/mol. The van der Waals surface area contributed by atoms with Crippen molar-refractivity contribution in [1.82, 2.24) is 24.9 Å². The maximum atomic E-state index is 13.3. The zero-order chi connectivity index (χ0) is 21.3. The number of hydrogen-bond acceptors (Lipinski definition) is 8. The number of nitrogens with two attached hydrogens (primary N) is 1. The lowest BCUT2D eigenvalue weighted by Gasteiger charge is -2.07. The second-order valence-electron chi connectivity index (χ2n) is 6.25. The molecule has 0 aliphatic carbocycles. The summed E-state index contributed by atoms with van der Waals surface area (Å²) >= 11 is 0. The minimum Gasteiger partial charge on any atom is -0.486 e. The van der Waals surface area contributed by atoms with Crippen molar-refractivity contribution >= 4 is 10.0 Å². The van der Waals surface area contributed by atoms with Gasteiger partial charge in [0.1, 0.15) is 18.2 Å². The van der Waals surface area contributed by atoms with Crippen molar-refractivity contribution < 1.29 is 22.1 Å². The first-order chi connectivity index (χ1) is 14.3. The van der Waals surface area contributed by atoms with Gasteiger partial charge in [0.2, 0.25) is 15.8 Å². The Morgan fingerprint density at radius 3 is 2.83 bits per heavy atom. The quantitative estimate of drug-likeness (QED) is 0.489. The maximum absolute atomic E-state index is 13.3. The average molecular weight is 430 g/mol. The van der Waals surface area contributed by atoms with Crippen molar-refractivity contribution in [3.63, 3.8) is 0 Å². The number of hydrogen-bond donors (Lipinski definition) is 1. The van der Waals surface area contributed by atoms with Crippen LogP contribution in [0.25, 0.3) is 22.8 Å². The Bertz CT molecular complexity index is 1320. The van der Waals surface area contributed by atoms with Crippen molar-refractivity contribution in [1.29, 1.82) is 0 Å². The van der Waals surface area contributed by atoms with Crippen LogP contribution in [0.15, 0.2) is 58.3 Å². The van der Waals surface area contributed by atoms with Crippen LogP contribution in [0.4, 0.5) is 4.39 Å². The van der Waals surface area contributed by atoms with Crippen molar-refractivity contribution in [2.45, 2.75) is 11.5 Å². The lowest BCUT2D eigenvalue weighted by atomic mass is 10.2. The fourth-order valence-corrected chi connectivity index (χ4v) is 3.26. The maximum Gasteiger partial charge on any atom is 0.261 e. The van der Waals surface area contributed by atoms with Gasteiger partial charge in [-0.1, -0.05) is 17.3 Å². The first-order valence-corrected chi connectivity index (χ1v) is 10.1. The molecule has 0 aliphatic rings. The third-order valence-corrected chi connectivity index (χ3v) is 5.11. The van der Waals surface area contributed by atoms with Gasteiger partial charge in [0.25, 0.3) is 5.89 Å².